The Morgan fingerprint density at radius 3 is 2.47 bits per heavy atom. The molecule has 0 atom stereocenters. The van der Waals surface area contributed by atoms with Crippen molar-refractivity contribution in [3.8, 4) is 5.75 Å². The molecule has 2 rings (SSSR count). The maximum absolute atomic E-state index is 11.8. The fourth-order valence-electron chi connectivity index (χ4n) is 2.93. The third kappa shape index (κ3) is 2.17. The number of carboxylic acids is 1. The Hall–Kier alpha value is -1.65. The van der Waals surface area contributed by atoms with Crippen molar-refractivity contribution in [1.29, 1.82) is 0 Å². The lowest BCUT2D eigenvalue weighted by Gasteiger charge is -2.26. The molecule has 0 bridgehead atoms. The molecular formula is C14H20N2O3. The van der Waals surface area contributed by atoms with Crippen molar-refractivity contribution in [3.63, 3.8) is 0 Å². The van der Waals surface area contributed by atoms with Crippen LogP contribution in [0.25, 0.3) is 0 Å². The van der Waals surface area contributed by atoms with Crippen molar-refractivity contribution in [2.24, 2.45) is 0 Å². The summed E-state index contributed by atoms with van der Waals surface area (Å²) < 4.78 is 5.42. The molecule has 19 heavy (non-hydrogen) atoms. The van der Waals surface area contributed by atoms with Gasteiger partial charge in [0.25, 0.3) is 0 Å². The standard InChI is InChI=1S/C14H20N2O3/c1-4-10-11(19-3)12(16-9(2)15-10)14(13(17)18)7-5-6-8-14/h4-8H2,1-3H3,(H,17,18). The number of methoxy groups -OCH3 is 1. The van der Waals surface area contributed by atoms with Crippen LogP contribution in [-0.2, 0) is 16.6 Å². The zero-order valence-electron chi connectivity index (χ0n) is 11.7. The quantitative estimate of drug-likeness (QED) is 0.903. The summed E-state index contributed by atoms with van der Waals surface area (Å²) in [6, 6.07) is 0. The molecule has 5 nitrogen and oxygen atoms in total. The van der Waals surface area contributed by atoms with E-state index in [9.17, 15) is 9.90 Å². The van der Waals surface area contributed by atoms with Crippen LogP contribution in [0.4, 0.5) is 0 Å². The number of aryl methyl sites for hydroxylation is 2. The Morgan fingerprint density at radius 2 is 2.00 bits per heavy atom. The number of aliphatic carboxylic acids is 1. The molecule has 0 unspecified atom stereocenters. The summed E-state index contributed by atoms with van der Waals surface area (Å²) in [7, 11) is 1.56. The first-order valence-electron chi connectivity index (χ1n) is 6.70. The van der Waals surface area contributed by atoms with Crippen LogP contribution in [0.1, 0.15) is 49.8 Å². The molecule has 1 heterocycles. The van der Waals surface area contributed by atoms with Crippen molar-refractivity contribution in [3.05, 3.63) is 17.2 Å². The van der Waals surface area contributed by atoms with Gasteiger partial charge in [-0.15, -0.1) is 0 Å². The number of rotatable bonds is 4. The third-order valence-corrected chi connectivity index (χ3v) is 3.91. The second-order valence-corrected chi connectivity index (χ2v) is 5.05. The smallest absolute Gasteiger partial charge is 0.315 e. The number of hydrogen-bond acceptors (Lipinski definition) is 4. The lowest BCUT2D eigenvalue weighted by atomic mass is 9.81. The summed E-state index contributed by atoms with van der Waals surface area (Å²) in [6.07, 6.45) is 3.78. The maximum atomic E-state index is 11.8. The van der Waals surface area contributed by atoms with Crippen molar-refractivity contribution in [2.75, 3.05) is 7.11 Å². The monoisotopic (exact) mass is 264 g/mol. The van der Waals surface area contributed by atoms with Gasteiger partial charge in [0.05, 0.1) is 12.8 Å². The van der Waals surface area contributed by atoms with Gasteiger partial charge < -0.3 is 9.84 Å². The Morgan fingerprint density at radius 1 is 1.37 bits per heavy atom. The summed E-state index contributed by atoms with van der Waals surface area (Å²) in [5, 5.41) is 9.68. The predicted octanol–water partition coefficient (Wildman–Crippen LogP) is 2.25. The number of hydrogen-bond donors (Lipinski definition) is 1. The van der Waals surface area contributed by atoms with Gasteiger partial charge in [-0.05, 0) is 26.2 Å². The van der Waals surface area contributed by atoms with Gasteiger partial charge in [-0.3, -0.25) is 4.79 Å². The first-order chi connectivity index (χ1) is 9.05. The van der Waals surface area contributed by atoms with Crippen molar-refractivity contribution in [2.45, 2.75) is 51.4 Å². The number of carbonyl (C=O) groups is 1. The highest BCUT2D eigenvalue weighted by atomic mass is 16.5. The average molecular weight is 264 g/mol. The third-order valence-electron chi connectivity index (χ3n) is 3.91. The maximum Gasteiger partial charge on any atom is 0.315 e. The average Bonchev–Trinajstić information content (AvgIpc) is 2.88. The van der Waals surface area contributed by atoms with Crippen LogP contribution in [0.3, 0.4) is 0 Å². The van der Waals surface area contributed by atoms with E-state index in [-0.39, 0.29) is 0 Å². The van der Waals surface area contributed by atoms with Gasteiger partial charge in [0.2, 0.25) is 0 Å². The molecule has 1 N–H and O–H groups in total. The van der Waals surface area contributed by atoms with Gasteiger partial charge in [-0.2, -0.15) is 0 Å². The van der Waals surface area contributed by atoms with Crippen molar-refractivity contribution >= 4 is 5.97 Å². The van der Waals surface area contributed by atoms with E-state index < -0.39 is 11.4 Å². The van der Waals surface area contributed by atoms with Gasteiger partial charge in [-0.25, -0.2) is 9.97 Å². The zero-order valence-corrected chi connectivity index (χ0v) is 11.7. The SMILES string of the molecule is CCc1nc(C)nc(C2(C(=O)O)CCCC2)c1OC. The molecule has 5 heteroatoms. The van der Waals surface area contributed by atoms with Gasteiger partial charge in [-0.1, -0.05) is 19.8 Å². The molecule has 1 saturated carbocycles. The van der Waals surface area contributed by atoms with Gasteiger partial charge in [0.15, 0.2) is 5.75 Å². The van der Waals surface area contributed by atoms with E-state index in [1.54, 1.807) is 14.0 Å². The molecule has 1 aromatic heterocycles. The molecule has 0 saturated heterocycles. The van der Waals surface area contributed by atoms with E-state index in [0.717, 1.165) is 18.5 Å². The minimum absolute atomic E-state index is 0.553. The molecule has 0 spiro atoms. The van der Waals surface area contributed by atoms with Crippen LogP contribution in [0, 0.1) is 6.92 Å². The summed E-state index contributed by atoms with van der Waals surface area (Å²) in [4.78, 5) is 20.6. The van der Waals surface area contributed by atoms with Crippen LogP contribution in [0.5, 0.6) is 5.75 Å². The van der Waals surface area contributed by atoms with E-state index in [1.807, 2.05) is 6.92 Å². The number of nitrogens with zero attached hydrogens (tertiary/aromatic N) is 2. The zero-order chi connectivity index (χ0) is 14.0. The molecule has 0 amide bonds. The second kappa shape index (κ2) is 5.15. The van der Waals surface area contributed by atoms with E-state index in [2.05, 4.69) is 9.97 Å². The fraction of sp³-hybridized carbons (Fsp3) is 0.643. The van der Waals surface area contributed by atoms with Gasteiger partial charge in [0, 0.05) is 0 Å². The Labute approximate surface area is 113 Å². The molecule has 1 aliphatic rings. The molecule has 0 aliphatic heterocycles. The van der Waals surface area contributed by atoms with Crippen molar-refractivity contribution < 1.29 is 14.6 Å². The second-order valence-electron chi connectivity index (χ2n) is 5.05. The number of carboxylic acid groups (broad SMARTS) is 1. The van der Waals surface area contributed by atoms with E-state index >= 15 is 0 Å². The molecule has 1 aliphatic carbocycles. The Bertz CT molecular complexity index is 494. The molecule has 1 aromatic rings. The summed E-state index contributed by atoms with van der Waals surface area (Å²) in [5.74, 6) is 0.362. The van der Waals surface area contributed by atoms with E-state index in [1.165, 1.54) is 0 Å². The Kier molecular flexibility index (Phi) is 3.73. The molecule has 1 fully saturated rings. The highest BCUT2D eigenvalue weighted by Crippen LogP contribution is 2.44. The highest BCUT2D eigenvalue weighted by Gasteiger charge is 2.47. The molecule has 0 radical (unpaired) electrons. The summed E-state index contributed by atoms with van der Waals surface area (Å²) >= 11 is 0. The van der Waals surface area contributed by atoms with Crippen LogP contribution in [0.15, 0.2) is 0 Å². The van der Waals surface area contributed by atoms with Crippen LogP contribution in [0.2, 0.25) is 0 Å². The Balaban J connectivity index is 2.65. The first-order valence-corrected chi connectivity index (χ1v) is 6.70. The number of aromatic nitrogens is 2. The van der Waals surface area contributed by atoms with Gasteiger partial charge in [0.1, 0.15) is 16.9 Å². The summed E-state index contributed by atoms with van der Waals surface area (Å²) in [5.41, 5.74) is 0.449. The summed E-state index contributed by atoms with van der Waals surface area (Å²) in [6.45, 7) is 3.78. The topological polar surface area (TPSA) is 72.3 Å². The minimum Gasteiger partial charge on any atom is -0.493 e. The van der Waals surface area contributed by atoms with Gasteiger partial charge >= 0.3 is 5.97 Å². The largest absolute Gasteiger partial charge is 0.493 e. The van der Waals surface area contributed by atoms with E-state index in [4.69, 9.17) is 4.74 Å². The normalized spacial score (nSPS) is 17.4. The van der Waals surface area contributed by atoms with Crippen LogP contribution in [-0.4, -0.2) is 28.2 Å². The lowest BCUT2D eigenvalue weighted by Crippen LogP contribution is -2.34. The molecule has 104 valence electrons. The van der Waals surface area contributed by atoms with Crippen LogP contribution < -0.4 is 4.74 Å². The molecule has 0 aromatic carbocycles. The lowest BCUT2D eigenvalue weighted by molar-refractivity contribution is -0.143. The fourth-order valence-corrected chi connectivity index (χ4v) is 2.93. The number of ether oxygens (including phenoxy) is 1. The van der Waals surface area contributed by atoms with Crippen molar-refractivity contribution in [1.82, 2.24) is 9.97 Å². The van der Waals surface area contributed by atoms with Crippen LogP contribution >= 0.6 is 0 Å². The molecular weight excluding hydrogens is 244 g/mol. The predicted molar refractivity (Wildman–Crippen MR) is 70.5 cm³/mol. The first kappa shape index (κ1) is 13.8. The van der Waals surface area contributed by atoms with E-state index in [0.29, 0.717) is 36.5 Å². The highest BCUT2D eigenvalue weighted by molar-refractivity contribution is 5.82. The minimum atomic E-state index is -0.900.